The van der Waals surface area contributed by atoms with Crippen LogP contribution in [0.5, 0.6) is 11.6 Å². The van der Waals surface area contributed by atoms with Gasteiger partial charge in [0.25, 0.3) is 0 Å². The molecule has 4 heteroatoms. The van der Waals surface area contributed by atoms with E-state index in [-0.39, 0.29) is 0 Å². The summed E-state index contributed by atoms with van der Waals surface area (Å²) in [7, 11) is 0. The third kappa shape index (κ3) is 3.31. The van der Waals surface area contributed by atoms with Crippen LogP contribution >= 0.6 is 15.9 Å². The van der Waals surface area contributed by atoms with Crippen molar-refractivity contribution in [3.8, 4) is 11.6 Å². The fourth-order valence-electron chi connectivity index (χ4n) is 1.63. The first-order chi connectivity index (χ1) is 8.69. The lowest BCUT2D eigenvalue weighted by Gasteiger charge is -2.08. The van der Waals surface area contributed by atoms with E-state index in [1.54, 1.807) is 6.20 Å². The predicted octanol–water partition coefficient (Wildman–Crippen LogP) is 3.45. The molecule has 0 unspecified atom stereocenters. The number of nitrogens with zero attached hydrogens (tertiary/aromatic N) is 1. The lowest BCUT2D eigenvalue weighted by Crippen LogP contribution is -2.02. The highest BCUT2D eigenvalue weighted by Gasteiger charge is 2.03. The van der Waals surface area contributed by atoms with Crippen molar-refractivity contribution in [3.05, 3.63) is 52.1 Å². The van der Waals surface area contributed by atoms with Crippen molar-refractivity contribution in [3.63, 3.8) is 0 Å². The van der Waals surface area contributed by atoms with Crippen LogP contribution in [-0.4, -0.2) is 11.5 Å². The van der Waals surface area contributed by atoms with E-state index < -0.39 is 0 Å². The summed E-state index contributed by atoms with van der Waals surface area (Å²) in [6.07, 6.45) is 2.64. The predicted molar refractivity (Wildman–Crippen MR) is 75.9 cm³/mol. The minimum atomic E-state index is 0.598. The fraction of sp³-hybridized carbons (Fsp3) is 0.214. The topological polar surface area (TPSA) is 48.1 Å². The van der Waals surface area contributed by atoms with Crippen LogP contribution < -0.4 is 10.5 Å². The maximum Gasteiger partial charge on any atom is 0.219 e. The van der Waals surface area contributed by atoms with E-state index in [1.807, 2.05) is 37.3 Å². The highest BCUT2D eigenvalue weighted by atomic mass is 79.9. The summed E-state index contributed by atoms with van der Waals surface area (Å²) in [5.74, 6) is 1.42. The Hall–Kier alpha value is -1.39. The molecule has 2 rings (SSSR count). The van der Waals surface area contributed by atoms with E-state index in [9.17, 15) is 0 Å². The summed E-state index contributed by atoms with van der Waals surface area (Å²) in [5.41, 5.74) is 7.68. The third-order valence-electron chi connectivity index (χ3n) is 2.58. The van der Waals surface area contributed by atoms with Crippen LogP contribution in [0.4, 0.5) is 0 Å². The number of halogens is 1. The molecule has 0 aliphatic rings. The highest BCUT2D eigenvalue weighted by Crippen LogP contribution is 2.26. The monoisotopic (exact) mass is 306 g/mol. The molecule has 3 nitrogen and oxygen atoms in total. The largest absolute Gasteiger partial charge is 0.439 e. The van der Waals surface area contributed by atoms with E-state index >= 15 is 0 Å². The lowest BCUT2D eigenvalue weighted by atomic mass is 10.2. The molecule has 1 aromatic carbocycles. The van der Waals surface area contributed by atoms with Gasteiger partial charge in [-0.3, -0.25) is 0 Å². The first-order valence-electron chi connectivity index (χ1n) is 5.78. The highest BCUT2D eigenvalue weighted by molar-refractivity contribution is 9.10. The molecule has 0 saturated heterocycles. The second kappa shape index (κ2) is 5.98. The van der Waals surface area contributed by atoms with E-state index in [4.69, 9.17) is 10.5 Å². The summed E-state index contributed by atoms with van der Waals surface area (Å²) in [4.78, 5) is 4.27. The SMILES string of the molecule is Cc1cc(Br)ccc1Oc1ccc(CCN)cn1. The van der Waals surface area contributed by atoms with Crippen LogP contribution in [0.25, 0.3) is 0 Å². The van der Waals surface area contributed by atoms with Crippen molar-refractivity contribution >= 4 is 15.9 Å². The number of benzene rings is 1. The van der Waals surface area contributed by atoms with Crippen LogP contribution in [0.3, 0.4) is 0 Å². The minimum absolute atomic E-state index is 0.598. The van der Waals surface area contributed by atoms with Crippen LogP contribution in [0, 0.1) is 6.92 Å². The van der Waals surface area contributed by atoms with Gasteiger partial charge in [0.1, 0.15) is 5.75 Å². The molecule has 0 radical (unpaired) electrons. The number of hydrogen-bond acceptors (Lipinski definition) is 3. The van der Waals surface area contributed by atoms with Crippen molar-refractivity contribution < 1.29 is 4.74 Å². The molecular weight excluding hydrogens is 292 g/mol. The maximum absolute atomic E-state index is 5.73. The molecule has 0 spiro atoms. The van der Waals surface area contributed by atoms with E-state index in [2.05, 4.69) is 20.9 Å². The summed E-state index contributed by atoms with van der Waals surface area (Å²) in [5, 5.41) is 0. The smallest absolute Gasteiger partial charge is 0.219 e. The summed E-state index contributed by atoms with van der Waals surface area (Å²) < 4.78 is 6.77. The number of pyridine rings is 1. The van der Waals surface area contributed by atoms with Gasteiger partial charge in [-0.05, 0) is 49.2 Å². The van der Waals surface area contributed by atoms with Gasteiger partial charge in [0.05, 0.1) is 0 Å². The molecule has 0 fully saturated rings. The van der Waals surface area contributed by atoms with Gasteiger partial charge in [-0.25, -0.2) is 4.98 Å². The van der Waals surface area contributed by atoms with Gasteiger partial charge in [-0.15, -0.1) is 0 Å². The summed E-state index contributed by atoms with van der Waals surface area (Å²) >= 11 is 3.43. The van der Waals surface area contributed by atoms with Crippen molar-refractivity contribution in [1.29, 1.82) is 0 Å². The van der Waals surface area contributed by atoms with E-state index in [0.717, 1.165) is 27.8 Å². The number of aryl methyl sites for hydroxylation is 1. The molecule has 2 N–H and O–H groups in total. The standard InChI is InChI=1S/C14H15BrN2O/c1-10-8-12(15)3-4-13(10)18-14-5-2-11(6-7-16)9-17-14/h2-5,8-9H,6-7,16H2,1H3. The van der Waals surface area contributed by atoms with Gasteiger partial charge < -0.3 is 10.5 Å². The van der Waals surface area contributed by atoms with E-state index in [0.29, 0.717) is 12.4 Å². The molecular formula is C14H15BrN2O. The van der Waals surface area contributed by atoms with Crippen molar-refractivity contribution in [1.82, 2.24) is 4.98 Å². The van der Waals surface area contributed by atoms with Crippen LogP contribution in [-0.2, 0) is 6.42 Å². The summed E-state index contributed by atoms with van der Waals surface area (Å²) in [6, 6.07) is 9.74. The number of hydrogen-bond donors (Lipinski definition) is 1. The zero-order valence-electron chi connectivity index (χ0n) is 10.2. The molecule has 0 bridgehead atoms. The zero-order chi connectivity index (χ0) is 13.0. The average molecular weight is 307 g/mol. The molecule has 0 amide bonds. The molecule has 2 aromatic rings. The number of nitrogens with two attached hydrogens (primary N) is 1. The number of ether oxygens (including phenoxy) is 1. The number of rotatable bonds is 4. The summed E-state index contributed by atoms with van der Waals surface area (Å²) in [6.45, 7) is 2.64. The van der Waals surface area contributed by atoms with Crippen LogP contribution in [0.15, 0.2) is 41.0 Å². The van der Waals surface area contributed by atoms with Crippen molar-refractivity contribution in [2.24, 2.45) is 5.73 Å². The molecule has 0 atom stereocenters. The molecule has 0 aliphatic carbocycles. The van der Waals surface area contributed by atoms with Crippen molar-refractivity contribution in [2.45, 2.75) is 13.3 Å². The van der Waals surface area contributed by atoms with Gasteiger partial charge in [0.2, 0.25) is 5.88 Å². The fourth-order valence-corrected chi connectivity index (χ4v) is 2.10. The normalized spacial score (nSPS) is 10.4. The van der Waals surface area contributed by atoms with E-state index in [1.165, 1.54) is 0 Å². The zero-order valence-corrected chi connectivity index (χ0v) is 11.8. The Morgan fingerprint density at radius 3 is 2.72 bits per heavy atom. The van der Waals surface area contributed by atoms with Crippen LogP contribution in [0.2, 0.25) is 0 Å². The molecule has 18 heavy (non-hydrogen) atoms. The maximum atomic E-state index is 5.73. The Bertz CT molecular complexity index is 526. The Balaban J connectivity index is 2.13. The molecule has 0 aliphatic heterocycles. The molecule has 94 valence electrons. The number of aromatic nitrogens is 1. The van der Waals surface area contributed by atoms with Gasteiger partial charge in [0.15, 0.2) is 0 Å². The average Bonchev–Trinajstić information content (AvgIpc) is 2.35. The van der Waals surface area contributed by atoms with Gasteiger partial charge in [-0.2, -0.15) is 0 Å². The Morgan fingerprint density at radius 2 is 2.11 bits per heavy atom. The Kier molecular flexibility index (Phi) is 4.33. The molecule has 0 saturated carbocycles. The first-order valence-corrected chi connectivity index (χ1v) is 6.57. The lowest BCUT2D eigenvalue weighted by molar-refractivity contribution is 0.459. The third-order valence-corrected chi connectivity index (χ3v) is 3.08. The Labute approximate surface area is 115 Å². The quantitative estimate of drug-likeness (QED) is 0.941. The molecule has 1 heterocycles. The van der Waals surface area contributed by atoms with Crippen LogP contribution in [0.1, 0.15) is 11.1 Å². The second-order valence-corrected chi connectivity index (χ2v) is 4.97. The van der Waals surface area contributed by atoms with Gasteiger partial charge in [0, 0.05) is 16.7 Å². The van der Waals surface area contributed by atoms with Gasteiger partial charge >= 0.3 is 0 Å². The minimum Gasteiger partial charge on any atom is -0.439 e. The van der Waals surface area contributed by atoms with Gasteiger partial charge in [-0.1, -0.05) is 22.0 Å². The Morgan fingerprint density at radius 1 is 1.28 bits per heavy atom. The van der Waals surface area contributed by atoms with Crippen molar-refractivity contribution in [2.75, 3.05) is 6.54 Å². The first kappa shape index (κ1) is 13.1. The second-order valence-electron chi connectivity index (χ2n) is 4.06. The molecule has 1 aromatic heterocycles.